The van der Waals surface area contributed by atoms with Gasteiger partial charge in [-0.15, -0.1) is 11.3 Å². The molecule has 1 N–H and O–H groups in total. The Bertz CT molecular complexity index is 1130. The third-order valence-electron chi connectivity index (χ3n) is 5.46. The van der Waals surface area contributed by atoms with Gasteiger partial charge in [0.2, 0.25) is 5.88 Å². The molecule has 2 heterocycles. The molecule has 0 fully saturated rings. The van der Waals surface area contributed by atoms with E-state index in [1.54, 1.807) is 39.5 Å². The topological polar surface area (TPSA) is 95.0 Å². The Morgan fingerprint density at radius 2 is 1.85 bits per heavy atom. The van der Waals surface area contributed by atoms with Gasteiger partial charge in [-0.3, -0.25) is 4.79 Å². The third-order valence-corrected chi connectivity index (χ3v) is 6.64. The lowest BCUT2D eigenvalue weighted by atomic mass is 10.2. The number of thiophene rings is 1. The Labute approximate surface area is 204 Å². The van der Waals surface area contributed by atoms with Crippen LogP contribution in [-0.2, 0) is 11.3 Å². The van der Waals surface area contributed by atoms with Gasteiger partial charge in [0.05, 0.1) is 24.5 Å². The van der Waals surface area contributed by atoms with Crippen LogP contribution < -0.4 is 19.5 Å². The first kappa shape index (κ1) is 25.7. The largest absolute Gasteiger partial charge is 0.493 e. The molecule has 0 atom stereocenters. The van der Waals surface area contributed by atoms with E-state index >= 15 is 0 Å². The minimum Gasteiger partial charge on any atom is -0.493 e. The van der Waals surface area contributed by atoms with Gasteiger partial charge in [0.25, 0.3) is 5.91 Å². The summed E-state index contributed by atoms with van der Waals surface area (Å²) in [5.41, 5.74) is 1.38. The highest BCUT2D eigenvalue weighted by atomic mass is 32.1. The molecule has 0 aliphatic heterocycles. The second-order valence-electron chi connectivity index (χ2n) is 7.51. The summed E-state index contributed by atoms with van der Waals surface area (Å²) in [5, 5.41) is 3.69. The van der Waals surface area contributed by atoms with Gasteiger partial charge in [0.1, 0.15) is 18.0 Å². The maximum atomic E-state index is 13.2. The number of hydrogen-bond donors (Lipinski definition) is 1. The van der Waals surface area contributed by atoms with E-state index in [4.69, 9.17) is 18.9 Å². The van der Waals surface area contributed by atoms with E-state index in [2.05, 4.69) is 34.0 Å². The number of carbonyl (C=O) groups excluding carboxylic acids is 1. The Morgan fingerprint density at radius 3 is 2.50 bits per heavy atom. The van der Waals surface area contributed by atoms with Gasteiger partial charge in [0, 0.05) is 25.4 Å². The van der Waals surface area contributed by atoms with Crippen LogP contribution in [0.2, 0.25) is 0 Å². The number of aryl methyl sites for hydroxylation is 1. The Hall–Kier alpha value is -2.95. The molecule has 1 amide bonds. The number of ether oxygens (including phenoxy) is 4. The van der Waals surface area contributed by atoms with Crippen molar-refractivity contribution in [1.29, 1.82) is 0 Å². The molecule has 0 saturated carbocycles. The van der Waals surface area contributed by atoms with E-state index in [-0.39, 0.29) is 12.5 Å². The van der Waals surface area contributed by atoms with Crippen LogP contribution in [-0.4, -0.2) is 68.3 Å². The number of methoxy groups -OCH3 is 3. The average molecular weight is 489 g/mol. The van der Waals surface area contributed by atoms with Crippen LogP contribution in [0.15, 0.2) is 18.2 Å². The van der Waals surface area contributed by atoms with Gasteiger partial charge in [0.15, 0.2) is 17.3 Å². The molecule has 0 radical (unpaired) electrons. The summed E-state index contributed by atoms with van der Waals surface area (Å²) in [6, 6.07) is 5.35. The molecule has 0 aliphatic rings. The van der Waals surface area contributed by atoms with Crippen molar-refractivity contribution >= 4 is 33.1 Å². The Morgan fingerprint density at radius 1 is 1.09 bits per heavy atom. The van der Waals surface area contributed by atoms with Crippen molar-refractivity contribution in [2.24, 2.45) is 0 Å². The molecule has 0 saturated heterocycles. The van der Waals surface area contributed by atoms with Crippen molar-refractivity contribution < 1.29 is 23.7 Å². The number of fused-ring (bicyclic) bond motifs is 1. The second kappa shape index (κ2) is 12.0. The van der Waals surface area contributed by atoms with E-state index in [1.807, 2.05) is 6.92 Å². The van der Waals surface area contributed by atoms with Crippen molar-refractivity contribution in [3.63, 3.8) is 0 Å². The standard InChI is InChI=1S/C24H32N4O5S/c1-7-28(8-2)11-12-33-18-13-16(9-10-17(18)31-5)25-22(29)21-15(3)20-23(32-6)26-19(14-30-4)27-24(20)34-21/h9-10,13H,7-8,11-12,14H2,1-6H3,(H,25,29). The lowest BCUT2D eigenvalue weighted by Crippen LogP contribution is -2.28. The summed E-state index contributed by atoms with van der Waals surface area (Å²) >= 11 is 1.29. The molecular formula is C24H32N4O5S. The van der Waals surface area contributed by atoms with Crippen LogP contribution in [0, 0.1) is 6.92 Å². The average Bonchev–Trinajstić information content (AvgIpc) is 3.18. The first-order chi connectivity index (χ1) is 16.4. The number of likely N-dealkylation sites (N-methyl/N-ethyl adjacent to an activating group) is 1. The van der Waals surface area contributed by atoms with E-state index in [9.17, 15) is 4.79 Å². The molecule has 0 spiro atoms. The maximum Gasteiger partial charge on any atom is 0.266 e. The predicted molar refractivity (Wildman–Crippen MR) is 134 cm³/mol. The summed E-state index contributed by atoms with van der Waals surface area (Å²) < 4.78 is 22.0. The van der Waals surface area contributed by atoms with Crippen molar-refractivity contribution in [2.45, 2.75) is 27.4 Å². The molecule has 34 heavy (non-hydrogen) atoms. The van der Waals surface area contributed by atoms with Crippen molar-refractivity contribution in [2.75, 3.05) is 52.9 Å². The first-order valence-corrected chi connectivity index (χ1v) is 11.9. The smallest absolute Gasteiger partial charge is 0.266 e. The molecule has 3 rings (SSSR count). The number of nitrogens with zero attached hydrogens (tertiary/aromatic N) is 3. The Kier molecular flexibility index (Phi) is 9.03. The van der Waals surface area contributed by atoms with Gasteiger partial charge in [-0.05, 0) is 37.7 Å². The Balaban J connectivity index is 1.82. The minimum absolute atomic E-state index is 0.241. The number of rotatable bonds is 12. The summed E-state index contributed by atoms with van der Waals surface area (Å²) in [7, 11) is 4.72. The summed E-state index contributed by atoms with van der Waals surface area (Å²) in [6.07, 6.45) is 0. The molecule has 0 unspecified atom stereocenters. The van der Waals surface area contributed by atoms with Crippen LogP contribution in [0.3, 0.4) is 0 Å². The number of benzene rings is 1. The van der Waals surface area contributed by atoms with Gasteiger partial charge in [-0.1, -0.05) is 13.8 Å². The fourth-order valence-electron chi connectivity index (χ4n) is 3.58. The zero-order valence-electron chi connectivity index (χ0n) is 20.6. The fraction of sp³-hybridized carbons (Fsp3) is 0.458. The monoisotopic (exact) mass is 488 g/mol. The highest BCUT2D eigenvalue weighted by molar-refractivity contribution is 7.20. The molecule has 2 aromatic heterocycles. The molecule has 1 aromatic carbocycles. The van der Waals surface area contributed by atoms with Gasteiger partial charge < -0.3 is 29.2 Å². The number of anilines is 1. The highest BCUT2D eigenvalue weighted by Gasteiger charge is 2.21. The van der Waals surface area contributed by atoms with Gasteiger partial charge >= 0.3 is 0 Å². The molecule has 0 aliphatic carbocycles. The van der Waals surface area contributed by atoms with Crippen LogP contribution in [0.1, 0.15) is 34.9 Å². The summed E-state index contributed by atoms with van der Waals surface area (Å²) in [5.74, 6) is 1.88. The SMILES string of the molecule is CCN(CC)CCOc1cc(NC(=O)c2sc3nc(COC)nc(OC)c3c2C)ccc1OC. The zero-order chi connectivity index (χ0) is 24.7. The second-order valence-corrected chi connectivity index (χ2v) is 8.51. The number of hydrogen-bond acceptors (Lipinski definition) is 9. The van der Waals surface area contributed by atoms with Crippen LogP contribution >= 0.6 is 11.3 Å². The van der Waals surface area contributed by atoms with Gasteiger partial charge in [-0.2, -0.15) is 4.98 Å². The normalized spacial score (nSPS) is 11.1. The van der Waals surface area contributed by atoms with Crippen molar-refractivity contribution in [3.8, 4) is 17.4 Å². The lowest BCUT2D eigenvalue weighted by molar-refractivity contribution is 0.103. The summed E-state index contributed by atoms with van der Waals surface area (Å²) in [4.78, 5) is 25.6. The molecule has 10 heteroatoms. The van der Waals surface area contributed by atoms with Crippen molar-refractivity contribution in [1.82, 2.24) is 14.9 Å². The lowest BCUT2D eigenvalue weighted by Gasteiger charge is -2.19. The maximum absolute atomic E-state index is 13.2. The predicted octanol–water partition coefficient (Wildman–Crippen LogP) is 4.14. The molecule has 184 valence electrons. The number of aromatic nitrogens is 2. The van der Waals surface area contributed by atoms with E-state index < -0.39 is 0 Å². The van der Waals surface area contributed by atoms with Crippen molar-refractivity contribution in [3.05, 3.63) is 34.5 Å². The third kappa shape index (κ3) is 5.75. The van der Waals surface area contributed by atoms with Crippen LogP contribution in [0.5, 0.6) is 17.4 Å². The van der Waals surface area contributed by atoms with E-state index in [1.165, 1.54) is 11.3 Å². The van der Waals surface area contributed by atoms with Crippen LogP contribution in [0.4, 0.5) is 5.69 Å². The summed E-state index contributed by atoms with van der Waals surface area (Å²) in [6.45, 7) is 9.62. The molecular weight excluding hydrogens is 456 g/mol. The molecule has 3 aromatic rings. The molecule has 0 bridgehead atoms. The highest BCUT2D eigenvalue weighted by Crippen LogP contribution is 2.36. The van der Waals surface area contributed by atoms with Gasteiger partial charge in [-0.25, -0.2) is 4.98 Å². The zero-order valence-corrected chi connectivity index (χ0v) is 21.4. The van der Waals surface area contributed by atoms with E-state index in [0.29, 0.717) is 45.2 Å². The molecule has 9 nitrogen and oxygen atoms in total. The number of carbonyl (C=O) groups is 1. The number of amides is 1. The fourth-order valence-corrected chi connectivity index (χ4v) is 4.67. The minimum atomic E-state index is -0.241. The first-order valence-electron chi connectivity index (χ1n) is 11.1. The number of nitrogens with one attached hydrogen (secondary N) is 1. The van der Waals surface area contributed by atoms with Crippen LogP contribution in [0.25, 0.3) is 10.2 Å². The quantitative estimate of drug-likeness (QED) is 0.407. The van der Waals surface area contributed by atoms with E-state index in [0.717, 1.165) is 30.6 Å².